The molecule has 1 aromatic rings. The maximum atomic E-state index is 12.9. The molecule has 0 bridgehead atoms. The number of nitrogens with zero attached hydrogens (tertiary/aromatic N) is 2. The Balaban J connectivity index is 1.65. The van der Waals surface area contributed by atoms with Crippen LogP contribution in [0.3, 0.4) is 0 Å². The quantitative estimate of drug-likeness (QED) is 0.703. The molecule has 2 N–H and O–H groups in total. The standard InChI is InChI=1S/C16H26N4O4S2/c1-13-16(14(2)18-17-13)26(23,24)20-10-8-19(9-11-20)25(21,22)12-15-6-4-3-5-7-15/h3-7,13-14,16-18H,8-12H2,1-2H3. The van der Waals surface area contributed by atoms with Gasteiger partial charge in [-0.3, -0.25) is 10.9 Å². The van der Waals surface area contributed by atoms with Gasteiger partial charge in [0.15, 0.2) is 0 Å². The van der Waals surface area contributed by atoms with Crippen molar-refractivity contribution >= 4 is 20.0 Å². The van der Waals surface area contributed by atoms with Crippen LogP contribution in [-0.4, -0.2) is 69.0 Å². The molecular weight excluding hydrogens is 376 g/mol. The van der Waals surface area contributed by atoms with Gasteiger partial charge in [0.05, 0.1) is 5.75 Å². The Labute approximate surface area is 155 Å². The minimum absolute atomic E-state index is 0.0644. The summed E-state index contributed by atoms with van der Waals surface area (Å²) in [5.41, 5.74) is 6.66. The zero-order valence-electron chi connectivity index (χ0n) is 15.0. The Morgan fingerprint density at radius 3 is 1.92 bits per heavy atom. The molecule has 0 radical (unpaired) electrons. The van der Waals surface area contributed by atoms with E-state index in [1.54, 1.807) is 24.3 Å². The second-order valence-electron chi connectivity index (χ2n) is 6.92. The fourth-order valence-corrected chi connectivity index (χ4v) is 7.33. The third-order valence-electron chi connectivity index (χ3n) is 5.01. The van der Waals surface area contributed by atoms with Crippen LogP contribution in [0, 0.1) is 0 Å². The fraction of sp³-hybridized carbons (Fsp3) is 0.625. The Bertz CT molecular complexity index is 811. The summed E-state index contributed by atoms with van der Waals surface area (Å²) in [7, 11) is -6.96. The molecule has 0 saturated carbocycles. The van der Waals surface area contributed by atoms with Gasteiger partial charge in [0.2, 0.25) is 20.0 Å². The maximum Gasteiger partial charge on any atom is 0.220 e. The maximum absolute atomic E-state index is 12.9. The van der Waals surface area contributed by atoms with E-state index < -0.39 is 25.3 Å². The first-order valence-corrected chi connectivity index (χ1v) is 11.8. The molecule has 2 saturated heterocycles. The van der Waals surface area contributed by atoms with Crippen LogP contribution in [0.15, 0.2) is 30.3 Å². The second-order valence-corrected chi connectivity index (χ2v) is 11.0. The lowest BCUT2D eigenvalue weighted by Gasteiger charge is -2.35. The number of benzene rings is 1. The van der Waals surface area contributed by atoms with Crippen molar-refractivity contribution in [2.24, 2.45) is 0 Å². The van der Waals surface area contributed by atoms with E-state index in [9.17, 15) is 16.8 Å². The largest absolute Gasteiger partial charge is 0.253 e. The van der Waals surface area contributed by atoms with Gasteiger partial charge in [-0.25, -0.2) is 16.8 Å². The molecule has 2 atom stereocenters. The van der Waals surface area contributed by atoms with Gasteiger partial charge in [0.25, 0.3) is 0 Å². The van der Waals surface area contributed by atoms with Gasteiger partial charge >= 0.3 is 0 Å². The Kier molecular flexibility index (Phi) is 5.71. The molecule has 2 aliphatic rings. The smallest absolute Gasteiger partial charge is 0.220 e. The molecule has 2 aliphatic heterocycles. The van der Waals surface area contributed by atoms with Crippen molar-refractivity contribution in [2.45, 2.75) is 36.9 Å². The first-order valence-electron chi connectivity index (χ1n) is 8.73. The predicted octanol–water partition coefficient (Wildman–Crippen LogP) is -0.283. The molecule has 26 heavy (non-hydrogen) atoms. The average molecular weight is 403 g/mol. The van der Waals surface area contributed by atoms with Crippen LogP contribution in [-0.2, 0) is 25.8 Å². The van der Waals surface area contributed by atoms with Crippen LogP contribution in [0.25, 0.3) is 0 Å². The van der Waals surface area contributed by atoms with Crippen molar-refractivity contribution < 1.29 is 16.8 Å². The summed E-state index contributed by atoms with van der Waals surface area (Å²) in [5.74, 6) is -0.0644. The second kappa shape index (κ2) is 7.53. The highest BCUT2D eigenvalue weighted by atomic mass is 32.2. The van der Waals surface area contributed by atoms with Gasteiger partial charge in [-0.1, -0.05) is 30.3 Å². The van der Waals surface area contributed by atoms with Crippen molar-refractivity contribution in [3.8, 4) is 0 Å². The fourth-order valence-electron chi connectivity index (χ4n) is 3.63. The van der Waals surface area contributed by atoms with Crippen LogP contribution >= 0.6 is 0 Å². The van der Waals surface area contributed by atoms with Gasteiger partial charge in [-0.2, -0.15) is 8.61 Å². The number of piperazine rings is 1. The summed E-state index contributed by atoms with van der Waals surface area (Å²) >= 11 is 0. The van der Waals surface area contributed by atoms with Gasteiger partial charge in [0, 0.05) is 38.3 Å². The predicted molar refractivity (Wildman–Crippen MR) is 100 cm³/mol. The van der Waals surface area contributed by atoms with Gasteiger partial charge in [-0.05, 0) is 19.4 Å². The SMILES string of the molecule is CC1NNC(C)C1S(=O)(=O)N1CCN(S(=O)(=O)Cc2ccccc2)CC1. The zero-order chi connectivity index (χ0) is 18.9. The number of hydrazine groups is 1. The lowest BCUT2D eigenvalue weighted by Crippen LogP contribution is -2.55. The molecule has 2 fully saturated rings. The van der Waals surface area contributed by atoms with Crippen molar-refractivity contribution in [1.29, 1.82) is 0 Å². The lowest BCUT2D eigenvalue weighted by atomic mass is 10.2. The summed E-state index contributed by atoms with van der Waals surface area (Å²) in [5, 5.41) is -0.560. The number of nitrogens with one attached hydrogen (secondary N) is 2. The summed E-state index contributed by atoms with van der Waals surface area (Å²) in [4.78, 5) is 0. The van der Waals surface area contributed by atoms with E-state index in [1.165, 1.54) is 8.61 Å². The highest BCUT2D eigenvalue weighted by Gasteiger charge is 2.44. The Morgan fingerprint density at radius 2 is 1.38 bits per heavy atom. The number of sulfonamides is 2. The van der Waals surface area contributed by atoms with E-state index >= 15 is 0 Å². The van der Waals surface area contributed by atoms with Crippen molar-refractivity contribution in [3.63, 3.8) is 0 Å². The highest BCUT2D eigenvalue weighted by Crippen LogP contribution is 2.22. The summed E-state index contributed by atoms with van der Waals surface area (Å²) in [6.45, 7) is 4.41. The topological polar surface area (TPSA) is 98.8 Å². The molecule has 8 nitrogen and oxygen atoms in total. The summed E-state index contributed by atoms with van der Waals surface area (Å²) < 4.78 is 53.9. The first kappa shape index (κ1) is 19.7. The van der Waals surface area contributed by atoms with Crippen LogP contribution < -0.4 is 10.9 Å². The van der Waals surface area contributed by atoms with Gasteiger partial charge in [-0.15, -0.1) is 0 Å². The van der Waals surface area contributed by atoms with Crippen LogP contribution in [0.5, 0.6) is 0 Å². The molecule has 2 heterocycles. The third-order valence-corrected chi connectivity index (χ3v) is 9.45. The van der Waals surface area contributed by atoms with E-state index in [1.807, 2.05) is 19.9 Å². The van der Waals surface area contributed by atoms with Crippen molar-refractivity contribution in [2.75, 3.05) is 26.2 Å². The van der Waals surface area contributed by atoms with Crippen molar-refractivity contribution in [1.82, 2.24) is 19.5 Å². The molecule has 0 amide bonds. The van der Waals surface area contributed by atoms with E-state index in [4.69, 9.17) is 0 Å². The highest BCUT2D eigenvalue weighted by molar-refractivity contribution is 7.90. The molecular formula is C16H26N4O4S2. The lowest BCUT2D eigenvalue weighted by molar-refractivity contribution is 0.269. The molecule has 10 heteroatoms. The van der Waals surface area contributed by atoms with Crippen molar-refractivity contribution in [3.05, 3.63) is 35.9 Å². The summed E-state index contributed by atoms with van der Waals surface area (Å²) in [6.07, 6.45) is 0. The third kappa shape index (κ3) is 3.95. The molecule has 146 valence electrons. The van der Waals surface area contributed by atoms with E-state index in [0.717, 1.165) is 5.56 Å². The van der Waals surface area contributed by atoms with Crippen LogP contribution in [0.4, 0.5) is 0 Å². The van der Waals surface area contributed by atoms with Crippen LogP contribution in [0.1, 0.15) is 19.4 Å². The monoisotopic (exact) mass is 402 g/mol. The Morgan fingerprint density at radius 1 is 0.885 bits per heavy atom. The number of hydrogen-bond donors (Lipinski definition) is 2. The summed E-state index contributed by atoms with van der Waals surface area (Å²) in [6, 6.07) is 8.61. The van der Waals surface area contributed by atoms with Crippen LogP contribution in [0.2, 0.25) is 0 Å². The molecule has 3 rings (SSSR count). The first-order chi connectivity index (χ1) is 12.2. The number of hydrogen-bond acceptors (Lipinski definition) is 6. The van der Waals surface area contributed by atoms with E-state index in [0.29, 0.717) is 0 Å². The minimum atomic E-state index is -3.50. The van der Waals surface area contributed by atoms with Gasteiger partial charge < -0.3 is 0 Å². The molecule has 0 aliphatic carbocycles. The number of rotatable bonds is 5. The minimum Gasteiger partial charge on any atom is -0.253 e. The van der Waals surface area contributed by atoms with E-state index in [-0.39, 0.29) is 44.0 Å². The zero-order valence-corrected chi connectivity index (χ0v) is 16.6. The average Bonchev–Trinajstić information content (AvgIpc) is 2.95. The Hall–Kier alpha value is -1.04. The normalized spacial score (nSPS) is 29.1. The van der Waals surface area contributed by atoms with E-state index in [2.05, 4.69) is 10.9 Å². The molecule has 2 unspecified atom stereocenters. The van der Waals surface area contributed by atoms with Gasteiger partial charge in [0.1, 0.15) is 5.25 Å². The molecule has 0 spiro atoms. The molecule has 0 aromatic heterocycles. The molecule has 1 aromatic carbocycles.